The van der Waals surface area contributed by atoms with Crippen LogP contribution in [0.15, 0.2) is 28.7 Å². The lowest BCUT2D eigenvalue weighted by Gasteiger charge is -2.22. The minimum Gasteiger partial charge on any atom is -0.497 e. The number of carbonyl (C=O) groups is 1. The molecule has 0 fully saturated rings. The van der Waals surface area contributed by atoms with Crippen LogP contribution in [-0.4, -0.2) is 29.1 Å². The lowest BCUT2D eigenvalue weighted by Crippen LogP contribution is -2.41. The molecule has 0 bridgehead atoms. The molecule has 2 rings (SSSR count). The zero-order valence-electron chi connectivity index (χ0n) is 16.0. The van der Waals surface area contributed by atoms with Crippen molar-refractivity contribution in [1.29, 1.82) is 0 Å². The van der Waals surface area contributed by atoms with Crippen molar-refractivity contribution in [2.75, 3.05) is 12.4 Å². The summed E-state index contributed by atoms with van der Waals surface area (Å²) in [5.41, 5.74) is 0.335. The normalized spacial score (nSPS) is 12.0. The maximum atomic E-state index is 12.6. The maximum absolute atomic E-state index is 12.6. The minimum atomic E-state index is -0.370. The number of aromatic nitrogens is 1. The van der Waals surface area contributed by atoms with Gasteiger partial charge in [-0.25, -0.2) is 4.98 Å². The highest BCUT2D eigenvalue weighted by Crippen LogP contribution is 2.29. The Morgan fingerprint density at radius 1 is 1.12 bits per heavy atom. The van der Waals surface area contributed by atoms with Gasteiger partial charge < -0.3 is 19.8 Å². The Bertz CT molecular complexity index is 752. The Labute approximate surface area is 149 Å². The lowest BCUT2D eigenvalue weighted by molar-refractivity contribution is 0.0915. The Balaban J connectivity index is 2.46. The largest absolute Gasteiger partial charge is 0.497 e. The topological polar surface area (TPSA) is 76.4 Å². The SMILES string of the molecule is COc1cccc(-c2nc(C(=O)NC(C)(C)C)c(NC(C)(C)C)o2)c1. The van der Waals surface area contributed by atoms with Crippen molar-refractivity contribution < 1.29 is 13.9 Å². The van der Waals surface area contributed by atoms with Crippen LogP contribution in [0.5, 0.6) is 5.75 Å². The first-order chi connectivity index (χ1) is 11.5. The van der Waals surface area contributed by atoms with Gasteiger partial charge in [-0.05, 0) is 59.7 Å². The Hall–Kier alpha value is -2.50. The standard InChI is InChI=1S/C19H27N3O3/c1-18(2,3)21-15(23)14-17(22-19(4,5)6)25-16(20-14)12-9-8-10-13(11-12)24-7/h8-11,22H,1-7H3,(H,21,23). The van der Waals surface area contributed by atoms with Gasteiger partial charge in [-0.1, -0.05) is 6.07 Å². The number of methoxy groups -OCH3 is 1. The molecule has 0 spiro atoms. The number of oxazole rings is 1. The molecule has 0 saturated heterocycles. The summed E-state index contributed by atoms with van der Waals surface area (Å²) in [6, 6.07) is 7.37. The number of amides is 1. The fraction of sp³-hybridized carbons (Fsp3) is 0.474. The van der Waals surface area contributed by atoms with Crippen LogP contribution in [0.2, 0.25) is 0 Å². The second-order valence-electron chi connectivity index (χ2n) is 8.01. The zero-order chi connectivity index (χ0) is 18.8. The van der Waals surface area contributed by atoms with E-state index in [4.69, 9.17) is 9.15 Å². The molecule has 136 valence electrons. The number of benzene rings is 1. The van der Waals surface area contributed by atoms with E-state index in [1.165, 1.54) is 0 Å². The fourth-order valence-electron chi connectivity index (χ4n) is 2.18. The zero-order valence-corrected chi connectivity index (χ0v) is 16.0. The smallest absolute Gasteiger partial charge is 0.275 e. The molecular formula is C19H27N3O3. The van der Waals surface area contributed by atoms with Crippen LogP contribution < -0.4 is 15.4 Å². The van der Waals surface area contributed by atoms with Crippen LogP contribution in [0, 0.1) is 0 Å². The van der Waals surface area contributed by atoms with Gasteiger partial charge in [0.2, 0.25) is 11.8 Å². The number of nitrogens with zero attached hydrogens (tertiary/aromatic N) is 1. The van der Waals surface area contributed by atoms with Gasteiger partial charge in [-0.3, -0.25) is 4.79 Å². The van der Waals surface area contributed by atoms with E-state index in [1.807, 2.05) is 65.8 Å². The van der Waals surface area contributed by atoms with Gasteiger partial charge in [0.1, 0.15) is 5.75 Å². The summed E-state index contributed by atoms with van der Waals surface area (Å²) in [7, 11) is 1.60. The predicted molar refractivity (Wildman–Crippen MR) is 99.1 cm³/mol. The van der Waals surface area contributed by atoms with Gasteiger partial charge >= 0.3 is 0 Å². The van der Waals surface area contributed by atoms with E-state index in [9.17, 15) is 4.79 Å². The van der Waals surface area contributed by atoms with E-state index < -0.39 is 0 Å². The van der Waals surface area contributed by atoms with Crippen LogP contribution in [0.3, 0.4) is 0 Å². The second-order valence-corrected chi connectivity index (χ2v) is 8.01. The summed E-state index contributed by atoms with van der Waals surface area (Å²) >= 11 is 0. The third-order valence-electron chi connectivity index (χ3n) is 3.14. The molecule has 6 nitrogen and oxygen atoms in total. The summed E-state index contributed by atoms with van der Waals surface area (Å²) in [4.78, 5) is 17.1. The van der Waals surface area contributed by atoms with Crippen LogP contribution in [-0.2, 0) is 0 Å². The number of hydrogen-bond donors (Lipinski definition) is 2. The molecular weight excluding hydrogens is 318 g/mol. The molecule has 0 atom stereocenters. The van der Waals surface area contributed by atoms with E-state index in [0.29, 0.717) is 17.5 Å². The number of ether oxygens (including phenoxy) is 1. The summed E-state index contributed by atoms with van der Waals surface area (Å²) in [5.74, 6) is 1.13. The minimum absolute atomic E-state index is 0.239. The Kier molecular flexibility index (Phi) is 5.11. The molecule has 0 saturated carbocycles. The van der Waals surface area contributed by atoms with Gasteiger partial charge in [0.15, 0.2) is 5.69 Å². The van der Waals surface area contributed by atoms with Crippen molar-refractivity contribution in [3.05, 3.63) is 30.0 Å². The highest BCUT2D eigenvalue weighted by Gasteiger charge is 2.26. The summed E-state index contributed by atoms with van der Waals surface area (Å²) in [6.07, 6.45) is 0. The summed E-state index contributed by atoms with van der Waals surface area (Å²) < 4.78 is 11.1. The fourth-order valence-corrected chi connectivity index (χ4v) is 2.18. The summed E-state index contributed by atoms with van der Waals surface area (Å²) in [6.45, 7) is 11.7. The number of nitrogens with one attached hydrogen (secondary N) is 2. The summed E-state index contributed by atoms with van der Waals surface area (Å²) in [5, 5.41) is 6.14. The van der Waals surface area contributed by atoms with Gasteiger partial charge in [0, 0.05) is 16.6 Å². The first-order valence-corrected chi connectivity index (χ1v) is 8.24. The molecule has 0 aliphatic rings. The average Bonchev–Trinajstić information content (AvgIpc) is 2.87. The van der Waals surface area contributed by atoms with Crippen LogP contribution in [0.25, 0.3) is 11.5 Å². The van der Waals surface area contributed by atoms with E-state index in [2.05, 4.69) is 15.6 Å². The first kappa shape index (κ1) is 18.8. The quantitative estimate of drug-likeness (QED) is 0.873. The Morgan fingerprint density at radius 3 is 2.36 bits per heavy atom. The third-order valence-corrected chi connectivity index (χ3v) is 3.14. The average molecular weight is 345 g/mol. The van der Waals surface area contributed by atoms with Crippen molar-refractivity contribution in [2.45, 2.75) is 52.6 Å². The maximum Gasteiger partial charge on any atom is 0.275 e. The number of hydrogen-bond acceptors (Lipinski definition) is 5. The molecule has 6 heteroatoms. The van der Waals surface area contributed by atoms with E-state index in [1.54, 1.807) is 7.11 Å². The van der Waals surface area contributed by atoms with Crippen molar-refractivity contribution in [1.82, 2.24) is 10.3 Å². The van der Waals surface area contributed by atoms with Crippen LogP contribution >= 0.6 is 0 Å². The predicted octanol–water partition coefficient (Wildman–Crippen LogP) is 4.09. The molecule has 0 aliphatic carbocycles. The van der Waals surface area contributed by atoms with E-state index >= 15 is 0 Å². The number of rotatable bonds is 4. The molecule has 0 unspecified atom stereocenters. The molecule has 1 amide bonds. The second kappa shape index (κ2) is 6.78. The molecule has 0 aliphatic heterocycles. The molecule has 2 aromatic rings. The van der Waals surface area contributed by atoms with Gasteiger partial charge in [-0.2, -0.15) is 0 Å². The molecule has 25 heavy (non-hydrogen) atoms. The van der Waals surface area contributed by atoms with Crippen LogP contribution in [0.1, 0.15) is 52.0 Å². The molecule has 2 N–H and O–H groups in total. The van der Waals surface area contributed by atoms with Crippen molar-refractivity contribution >= 4 is 11.8 Å². The highest BCUT2D eigenvalue weighted by atomic mass is 16.5. The molecule has 1 aromatic heterocycles. The monoisotopic (exact) mass is 345 g/mol. The third kappa shape index (κ3) is 5.24. The highest BCUT2D eigenvalue weighted by molar-refractivity contribution is 5.97. The van der Waals surface area contributed by atoms with Gasteiger partial charge in [-0.15, -0.1) is 0 Å². The van der Waals surface area contributed by atoms with Gasteiger partial charge in [0.25, 0.3) is 5.91 Å². The number of carbonyl (C=O) groups excluding carboxylic acids is 1. The molecule has 0 radical (unpaired) electrons. The number of anilines is 1. The molecule has 1 aromatic carbocycles. The molecule has 1 heterocycles. The van der Waals surface area contributed by atoms with E-state index in [-0.39, 0.29) is 22.7 Å². The van der Waals surface area contributed by atoms with E-state index in [0.717, 1.165) is 5.56 Å². The van der Waals surface area contributed by atoms with Crippen molar-refractivity contribution in [3.63, 3.8) is 0 Å². The van der Waals surface area contributed by atoms with Gasteiger partial charge in [0.05, 0.1) is 7.11 Å². The van der Waals surface area contributed by atoms with Crippen molar-refractivity contribution in [3.8, 4) is 17.2 Å². The Morgan fingerprint density at radius 2 is 1.80 bits per heavy atom. The first-order valence-electron chi connectivity index (χ1n) is 8.24. The van der Waals surface area contributed by atoms with Crippen molar-refractivity contribution in [2.24, 2.45) is 0 Å². The van der Waals surface area contributed by atoms with Crippen LogP contribution in [0.4, 0.5) is 5.88 Å². The lowest BCUT2D eigenvalue weighted by atomic mass is 10.1.